The van der Waals surface area contributed by atoms with Crippen LogP contribution in [0.15, 0.2) is 37.4 Å². The molecule has 0 atom stereocenters. The Morgan fingerprint density at radius 2 is 1.35 bits per heavy atom. The van der Waals surface area contributed by atoms with E-state index in [1.165, 1.54) is 12.1 Å². The van der Waals surface area contributed by atoms with Gasteiger partial charge in [-0.25, -0.2) is 14.0 Å². The van der Waals surface area contributed by atoms with E-state index in [-0.39, 0.29) is 23.8 Å². The van der Waals surface area contributed by atoms with Crippen LogP contribution < -0.4 is 4.74 Å². The van der Waals surface area contributed by atoms with E-state index in [4.69, 9.17) is 23.7 Å². The Kier molecular flexibility index (Phi) is 14.5. The number of carbonyl (C=O) groups excluding carboxylic acids is 2. The van der Waals surface area contributed by atoms with Gasteiger partial charge in [0, 0.05) is 23.6 Å². The summed E-state index contributed by atoms with van der Waals surface area (Å²) in [5.74, 6) is -2.88. The fourth-order valence-corrected chi connectivity index (χ4v) is 3.82. The number of esters is 2. The van der Waals surface area contributed by atoms with Crippen LogP contribution in [-0.2, 0) is 28.5 Å². The van der Waals surface area contributed by atoms with E-state index in [0.717, 1.165) is 57.1 Å². The second kappa shape index (κ2) is 17.6. The standard InChI is InChI=1S/C28H38F2O7/c1-3-24(31)34-17-11-6-5-9-13-21-19-36-28(37-20-21)22-14-15-23(27(30)26(22)29)33-16-10-7-8-12-18-35-25(32)4-2/h3-4,14-15,21,28H,1-2,5-13,16-20H2. The van der Waals surface area contributed by atoms with Crippen molar-refractivity contribution in [1.82, 2.24) is 0 Å². The molecule has 1 heterocycles. The Bertz CT molecular complexity index is 866. The highest BCUT2D eigenvalue weighted by molar-refractivity contribution is 5.81. The Hall–Kier alpha value is -2.78. The largest absolute Gasteiger partial charge is 0.490 e. The predicted octanol–water partition coefficient (Wildman–Crippen LogP) is 5.97. The van der Waals surface area contributed by atoms with E-state index in [2.05, 4.69) is 13.2 Å². The molecule has 9 heteroatoms. The smallest absolute Gasteiger partial charge is 0.330 e. The zero-order valence-electron chi connectivity index (χ0n) is 21.4. The van der Waals surface area contributed by atoms with E-state index >= 15 is 0 Å². The van der Waals surface area contributed by atoms with Gasteiger partial charge in [-0.05, 0) is 50.7 Å². The molecule has 0 spiro atoms. The third kappa shape index (κ3) is 11.4. The van der Waals surface area contributed by atoms with E-state index in [9.17, 15) is 18.4 Å². The predicted molar refractivity (Wildman–Crippen MR) is 134 cm³/mol. The summed E-state index contributed by atoms with van der Waals surface area (Å²) in [6, 6.07) is 2.83. The lowest BCUT2D eigenvalue weighted by Crippen LogP contribution is -2.27. The van der Waals surface area contributed by atoms with Crippen LogP contribution in [0.4, 0.5) is 8.78 Å². The molecule has 1 aromatic carbocycles. The third-order valence-electron chi connectivity index (χ3n) is 5.92. The quantitative estimate of drug-likeness (QED) is 0.133. The van der Waals surface area contributed by atoms with Gasteiger partial charge in [0.05, 0.1) is 33.0 Å². The normalized spacial score (nSPS) is 17.1. The summed E-state index contributed by atoms with van der Waals surface area (Å²) in [5, 5.41) is 0. The van der Waals surface area contributed by atoms with Gasteiger partial charge in [0.15, 0.2) is 17.9 Å². The number of benzene rings is 1. The average Bonchev–Trinajstić information content (AvgIpc) is 2.92. The Morgan fingerprint density at radius 3 is 1.92 bits per heavy atom. The number of carbonyl (C=O) groups is 2. The molecule has 0 amide bonds. The molecule has 1 aliphatic rings. The van der Waals surface area contributed by atoms with Gasteiger partial charge in [0.1, 0.15) is 0 Å². The molecule has 1 aromatic rings. The molecule has 0 aromatic heterocycles. The van der Waals surface area contributed by atoms with Crippen molar-refractivity contribution in [2.45, 2.75) is 64.1 Å². The topological polar surface area (TPSA) is 80.3 Å². The first kappa shape index (κ1) is 30.4. The summed E-state index contributed by atoms with van der Waals surface area (Å²) in [4.78, 5) is 21.9. The van der Waals surface area contributed by atoms with Crippen molar-refractivity contribution in [2.75, 3.05) is 33.0 Å². The average molecular weight is 525 g/mol. The number of ether oxygens (including phenoxy) is 5. The molecular formula is C28H38F2O7. The zero-order chi connectivity index (χ0) is 26.9. The summed E-state index contributed by atoms with van der Waals surface area (Å²) >= 11 is 0. The molecule has 0 bridgehead atoms. The molecule has 0 aliphatic carbocycles. The van der Waals surface area contributed by atoms with Crippen LogP contribution >= 0.6 is 0 Å². The van der Waals surface area contributed by atoms with Crippen molar-refractivity contribution >= 4 is 11.9 Å². The van der Waals surface area contributed by atoms with Crippen molar-refractivity contribution < 1.29 is 42.1 Å². The number of rotatable bonds is 18. The molecule has 0 radical (unpaired) electrons. The maximum Gasteiger partial charge on any atom is 0.330 e. The van der Waals surface area contributed by atoms with Crippen LogP contribution in [0.2, 0.25) is 0 Å². The van der Waals surface area contributed by atoms with Crippen LogP contribution in [0.1, 0.15) is 69.6 Å². The van der Waals surface area contributed by atoms with Crippen LogP contribution in [0, 0.1) is 17.6 Å². The lowest BCUT2D eigenvalue weighted by molar-refractivity contribution is -0.207. The molecule has 1 aliphatic heterocycles. The maximum atomic E-state index is 14.7. The first-order chi connectivity index (χ1) is 18.0. The Balaban J connectivity index is 1.62. The highest BCUT2D eigenvalue weighted by Gasteiger charge is 2.28. The minimum atomic E-state index is -1.05. The summed E-state index contributed by atoms with van der Waals surface area (Å²) in [7, 11) is 0. The molecule has 2 rings (SSSR count). The molecule has 206 valence electrons. The van der Waals surface area contributed by atoms with Crippen molar-refractivity contribution in [1.29, 1.82) is 0 Å². The summed E-state index contributed by atoms with van der Waals surface area (Å²) in [6.07, 6.45) is 8.98. The van der Waals surface area contributed by atoms with Gasteiger partial charge in [-0.1, -0.05) is 32.4 Å². The number of hydrogen-bond donors (Lipinski definition) is 0. The Morgan fingerprint density at radius 1 is 0.811 bits per heavy atom. The molecule has 0 unspecified atom stereocenters. The SMILES string of the molecule is C=CC(=O)OCCCCCCOc1ccc(C2OCC(CCCCCCOC(=O)C=C)CO2)c(F)c1F. The number of hydrogen-bond acceptors (Lipinski definition) is 7. The Labute approximate surface area is 217 Å². The summed E-state index contributed by atoms with van der Waals surface area (Å²) in [5.41, 5.74) is 0.0199. The maximum absolute atomic E-state index is 14.7. The van der Waals surface area contributed by atoms with Gasteiger partial charge in [-0.15, -0.1) is 0 Å². The lowest BCUT2D eigenvalue weighted by atomic mass is 10.0. The van der Waals surface area contributed by atoms with Gasteiger partial charge in [-0.2, -0.15) is 4.39 Å². The van der Waals surface area contributed by atoms with Crippen LogP contribution in [-0.4, -0.2) is 45.0 Å². The molecule has 7 nitrogen and oxygen atoms in total. The zero-order valence-corrected chi connectivity index (χ0v) is 21.4. The third-order valence-corrected chi connectivity index (χ3v) is 5.92. The number of unbranched alkanes of at least 4 members (excludes halogenated alkanes) is 6. The fourth-order valence-electron chi connectivity index (χ4n) is 3.82. The molecule has 1 saturated heterocycles. The molecular weight excluding hydrogens is 486 g/mol. The van der Waals surface area contributed by atoms with Gasteiger partial charge < -0.3 is 23.7 Å². The fraction of sp³-hybridized carbons (Fsp3) is 0.571. The van der Waals surface area contributed by atoms with E-state index < -0.39 is 29.9 Å². The van der Waals surface area contributed by atoms with Crippen molar-refractivity contribution in [3.63, 3.8) is 0 Å². The first-order valence-corrected chi connectivity index (χ1v) is 12.9. The van der Waals surface area contributed by atoms with Crippen LogP contribution in [0.5, 0.6) is 5.75 Å². The van der Waals surface area contributed by atoms with Crippen LogP contribution in [0.25, 0.3) is 0 Å². The van der Waals surface area contributed by atoms with Gasteiger partial charge in [-0.3, -0.25) is 0 Å². The van der Waals surface area contributed by atoms with Crippen molar-refractivity contribution in [2.24, 2.45) is 5.92 Å². The van der Waals surface area contributed by atoms with E-state index in [0.29, 0.717) is 39.3 Å². The molecule has 37 heavy (non-hydrogen) atoms. The summed E-state index contributed by atoms with van der Waals surface area (Å²) in [6.45, 7) is 8.47. The van der Waals surface area contributed by atoms with Crippen molar-refractivity contribution in [3.05, 3.63) is 54.6 Å². The van der Waals surface area contributed by atoms with E-state index in [1.807, 2.05) is 0 Å². The van der Waals surface area contributed by atoms with Gasteiger partial charge in [0.2, 0.25) is 5.82 Å². The molecule has 0 N–H and O–H groups in total. The highest BCUT2D eigenvalue weighted by Crippen LogP contribution is 2.32. The minimum absolute atomic E-state index is 0.0199. The van der Waals surface area contributed by atoms with Crippen LogP contribution in [0.3, 0.4) is 0 Å². The monoisotopic (exact) mass is 524 g/mol. The second-order valence-electron chi connectivity index (χ2n) is 8.85. The first-order valence-electron chi connectivity index (χ1n) is 12.9. The van der Waals surface area contributed by atoms with E-state index in [1.54, 1.807) is 0 Å². The molecule has 0 saturated carbocycles. The highest BCUT2D eigenvalue weighted by atomic mass is 19.2. The van der Waals surface area contributed by atoms with Gasteiger partial charge in [0.25, 0.3) is 0 Å². The second-order valence-corrected chi connectivity index (χ2v) is 8.85. The summed E-state index contributed by atoms with van der Waals surface area (Å²) < 4.78 is 55.8. The minimum Gasteiger partial charge on any atom is -0.490 e. The lowest BCUT2D eigenvalue weighted by Gasteiger charge is -2.30. The molecule has 1 fully saturated rings. The number of halogens is 2. The van der Waals surface area contributed by atoms with Crippen molar-refractivity contribution in [3.8, 4) is 5.75 Å². The van der Waals surface area contributed by atoms with Gasteiger partial charge >= 0.3 is 11.9 Å².